The molecular weight excluding hydrogens is 186 g/mol. The van der Waals surface area contributed by atoms with Crippen molar-refractivity contribution in [3.8, 4) is 0 Å². The molecule has 0 aliphatic rings. The number of nitrogens with one attached hydrogen (secondary N) is 1. The number of amides is 1. The predicted octanol–water partition coefficient (Wildman–Crippen LogP) is 2.41. The van der Waals surface area contributed by atoms with E-state index in [4.69, 9.17) is 11.6 Å². The molecule has 0 aliphatic carbocycles. The minimum Gasteiger partial charge on any atom is -0.356 e. The Morgan fingerprint density at radius 1 is 1.38 bits per heavy atom. The number of rotatable bonds is 6. The largest absolute Gasteiger partial charge is 0.356 e. The lowest BCUT2D eigenvalue weighted by molar-refractivity contribution is -0.121. The van der Waals surface area contributed by atoms with E-state index in [0.29, 0.717) is 24.1 Å². The van der Waals surface area contributed by atoms with Gasteiger partial charge in [-0.3, -0.25) is 4.79 Å². The fourth-order valence-corrected chi connectivity index (χ4v) is 0.960. The summed E-state index contributed by atoms with van der Waals surface area (Å²) in [6, 6.07) is 0. The van der Waals surface area contributed by atoms with Crippen LogP contribution in [0.5, 0.6) is 0 Å². The molecule has 0 aromatic carbocycles. The van der Waals surface area contributed by atoms with Gasteiger partial charge in [-0.25, -0.2) is 0 Å². The van der Waals surface area contributed by atoms with Gasteiger partial charge in [0, 0.05) is 18.8 Å². The molecule has 1 atom stereocenters. The molecule has 0 saturated heterocycles. The van der Waals surface area contributed by atoms with Crippen LogP contribution in [0.3, 0.4) is 0 Å². The van der Waals surface area contributed by atoms with Crippen molar-refractivity contribution in [2.45, 2.75) is 33.6 Å². The van der Waals surface area contributed by atoms with Crippen molar-refractivity contribution >= 4 is 17.5 Å². The predicted molar refractivity (Wildman–Crippen MR) is 57.0 cm³/mol. The molecule has 0 aliphatic heterocycles. The molecule has 0 saturated carbocycles. The quantitative estimate of drug-likeness (QED) is 0.663. The summed E-state index contributed by atoms with van der Waals surface area (Å²) < 4.78 is 0. The van der Waals surface area contributed by atoms with Gasteiger partial charge in [0.2, 0.25) is 5.91 Å². The normalized spacial score (nSPS) is 13.0. The van der Waals surface area contributed by atoms with Crippen LogP contribution < -0.4 is 5.32 Å². The van der Waals surface area contributed by atoms with Gasteiger partial charge in [0.05, 0.1) is 0 Å². The lowest BCUT2D eigenvalue weighted by Crippen LogP contribution is -2.29. The van der Waals surface area contributed by atoms with Crippen molar-refractivity contribution in [2.24, 2.45) is 11.8 Å². The molecule has 1 amide bonds. The molecule has 78 valence electrons. The van der Waals surface area contributed by atoms with Crippen LogP contribution in [0.15, 0.2) is 0 Å². The van der Waals surface area contributed by atoms with Gasteiger partial charge in [-0.05, 0) is 18.3 Å². The maximum Gasteiger partial charge on any atom is 0.220 e. The van der Waals surface area contributed by atoms with Crippen LogP contribution in [0, 0.1) is 11.8 Å². The van der Waals surface area contributed by atoms with Crippen LogP contribution in [0.25, 0.3) is 0 Å². The number of alkyl halides is 1. The highest BCUT2D eigenvalue weighted by molar-refractivity contribution is 6.17. The number of hydrogen-bond donors (Lipinski definition) is 1. The van der Waals surface area contributed by atoms with Gasteiger partial charge in [-0.15, -0.1) is 11.6 Å². The van der Waals surface area contributed by atoms with Gasteiger partial charge in [-0.2, -0.15) is 0 Å². The Morgan fingerprint density at radius 3 is 2.46 bits per heavy atom. The Bertz CT molecular complexity index is 148. The second-order valence-electron chi connectivity index (χ2n) is 3.82. The van der Waals surface area contributed by atoms with Gasteiger partial charge in [0.25, 0.3) is 0 Å². The first-order chi connectivity index (χ1) is 6.07. The molecule has 0 radical (unpaired) electrons. The first-order valence-corrected chi connectivity index (χ1v) is 5.44. The molecule has 0 aromatic heterocycles. The molecule has 0 spiro atoms. The summed E-state index contributed by atoms with van der Waals surface area (Å²) in [7, 11) is 0. The van der Waals surface area contributed by atoms with Crippen LogP contribution in [-0.2, 0) is 4.79 Å². The topological polar surface area (TPSA) is 29.1 Å². The van der Waals surface area contributed by atoms with Crippen molar-refractivity contribution in [2.75, 3.05) is 12.4 Å². The summed E-state index contributed by atoms with van der Waals surface area (Å²) >= 11 is 5.48. The summed E-state index contributed by atoms with van der Waals surface area (Å²) in [6.45, 7) is 7.25. The highest BCUT2D eigenvalue weighted by Gasteiger charge is 2.08. The third kappa shape index (κ3) is 6.88. The van der Waals surface area contributed by atoms with Crippen molar-refractivity contribution in [1.29, 1.82) is 0 Å². The van der Waals surface area contributed by atoms with Crippen molar-refractivity contribution in [3.05, 3.63) is 0 Å². The van der Waals surface area contributed by atoms with E-state index in [0.717, 1.165) is 13.0 Å². The summed E-state index contributed by atoms with van der Waals surface area (Å²) in [4.78, 5) is 11.2. The number of halogens is 1. The van der Waals surface area contributed by atoms with E-state index in [2.05, 4.69) is 26.1 Å². The first-order valence-electron chi connectivity index (χ1n) is 4.90. The van der Waals surface area contributed by atoms with Crippen LogP contribution in [-0.4, -0.2) is 18.3 Å². The fourth-order valence-electron chi connectivity index (χ4n) is 0.826. The molecule has 0 rings (SSSR count). The van der Waals surface area contributed by atoms with Crippen LogP contribution >= 0.6 is 11.6 Å². The molecule has 0 fully saturated rings. The number of carbonyl (C=O) groups is 1. The summed E-state index contributed by atoms with van der Waals surface area (Å²) in [5.74, 6) is 1.84. The number of hydrogen-bond acceptors (Lipinski definition) is 1. The molecular formula is C10H20ClNO. The zero-order valence-corrected chi connectivity index (χ0v) is 9.53. The van der Waals surface area contributed by atoms with E-state index in [1.54, 1.807) is 0 Å². The SMILES string of the molecule is CC(C)C(C)CNC(=O)CCCCl. The average molecular weight is 206 g/mol. The van der Waals surface area contributed by atoms with Crippen molar-refractivity contribution in [3.63, 3.8) is 0 Å². The fraction of sp³-hybridized carbons (Fsp3) is 0.900. The minimum atomic E-state index is 0.119. The van der Waals surface area contributed by atoms with Gasteiger partial charge >= 0.3 is 0 Å². The Balaban J connectivity index is 3.46. The van der Waals surface area contributed by atoms with Gasteiger partial charge in [0.1, 0.15) is 0 Å². The highest BCUT2D eigenvalue weighted by Crippen LogP contribution is 2.07. The molecule has 1 N–H and O–H groups in total. The van der Waals surface area contributed by atoms with E-state index in [1.165, 1.54) is 0 Å². The molecule has 13 heavy (non-hydrogen) atoms. The van der Waals surface area contributed by atoms with Crippen LogP contribution in [0.1, 0.15) is 33.6 Å². The first kappa shape index (κ1) is 12.8. The molecule has 3 heteroatoms. The third-order valence-corrected chi connectivity index (χ3v) is 2.56. The minimum absolute atomic E-state index is 0.119. The van der Waals surface area contributed by atoms with Gasteiger partial charge in [0.15, 0.2) is 0 Å². The summed E-state index contributed by atoms with van der Waals surface area (Å²) in [6.07, 6.45) is 1.32. The Morgan fingerprint density at radius 2 is 2.00 bits per heavy atom. The van der Waals surface area contributed by atoms with Crippen LogP contribution in [0.4, 0.5) is 0 Å². The summed E-state index contributed by atoms with van der Waals surface area (Å²) in [5, 5.41) is 2.90. The van der Waals surface area contributed by atoms with E-state index >= 15 is 0 Å². The van der Waals surface area contributed by atoms with Crippen molar-refractivity contribution < 1.29 is 4.79 Å². The maximum atomic E-state index is 11.2. The van der Waals surface area contributed by atoms with Crippen LogP contribution in [0.2, 0.25) is 0 Å². The Kier molecular flexibility index (Phi) is 7.06. The second-order valence-corrected chi connectivity index (χ2v) is 4.20. The lowest BCUT2D eigenvalue weighted by atomic mass is 9.98. The van der Waals surface area contributed by atoms with Gasteiger partial charge < -0.3 is 5.32 Å². The van der Waals surface area contributed by atoms with Gasteiger partial charge in [-0.1, -0.05) is 20.8 Å². The Hall–Kier alpha value is -0.240. The summed E-state index contributed by atoms with van der Waals surface area (Å²) in [5.41, 5.74) is 0. The van der Waals surface area contributed by atoms with E-state index in [-0.39, 0.29) is 5.91 Å². The standard InChI is InChI=1S/C10H20ClNO/c1-8(2)9(3)7-12-10(13)5-4-6-11/h8-9H,4-7H2,1-3H3,(H,12,13). The average Bonchev–Trinajstić information content (AvgIpc) is 2.10. The monoisotopic (exact) mass is 205 g/mol. The molecule has 0 heterocycles. The van der Waals surface area contributed by atoms with E-state index < -0.39 is 0 Å². The third-order valence-electron chi connectivity index (χ3n) is 2.30. The molecule has 0 aromatic rings. The highest BCUT2D eigenvalue weighted by atomic mass is 35.5. The maximum absolute atomic E-state index is 11.2. The molecule has 0 bridgehead atoms. The van der Waals surface area contributed by atoms with Crippen molar-refractivity contribution in [1.82, 2.24) is 5.32 Å². The zero-order valence-electron chi connectivity index (χ0n) is 8.77. The molecule has 1 unspecified atom stereocenters. The smallest absolute Gasteiger partial charge is 0.220 e. The molecule has 2 nitrogen and oxygen atoms in total. The lowest BCUT2D eigenvalue weighted by Gasteiger charge is -2.15. The zero-order chi connectivity index (χ0) is 10.3. The van der Waals surface area contributed by atoms with E-state index in [9.17, 15) is 4.79 Å². The van der Waals surface area contributed by atoms with E-state index in [1.807, 2.05) is 0 Å². The second kappa shape index (κ2) is 7.19. The Labute approximate surface area is 86.0 Å². The number of carbonyl (C=O) groups excluding carboxylic acids is 1.